The molecule has 5 nitrogen and oxygen atoms in total. The number of carbonyl (C=O) groups is 1. The maximum absolute atomic E-state index is 11.5. The number of imidazole rings is 1. The summed E-state index contributed by atoms with van der Waals surface area (Å²) in [4.78, 5) is 20.5. The highest BCUT2D eigenvalue weighted by molar-refractivity contribution is 6.17. The molecule has 0 saturated heterocycles. The van der Waals surface area contributed by atoms with Crippen molar-refractivity contribution in [3.05, 3.63) is 23.7 Å². The van der Waals surface area contributed by atoms with Crippen molar-refractivity contribution in [3.63, 3.8) is 0 Å². The van der Waals surface area contributed by atoms with E-state index in [0.717, 1.165) is 22.7 Å². The summed E-state index contributed by atoms with van der Waals surface area (Å²) >= 11 is 5.81. The quantitative estimate of drug-likeness (QED) is 0.607. The van der Waals surface area contributed by atoms with Gasteiger partial charge >= 0.3 is 5.97 Å². The Labute approximate surface area is 122 Å². The van der Waals surface area contributed by atoms with Crippen LogP contribution in [0.25, 0.3) is 11.2 Å². The molecule has 6 heteroatoms. The molecule has 0 radical (unpaired) electrons. The summed E-state index contributed by atoms with van der Waals surface area (Å²) in [6, 6.07) is 3.87. The fourth-order valence-corrected chi connectivity index (χ4v) is 2.26. The Balaban J connectivity index is 2.30. The molecule has 2 heterocycles. The number of aromatic nitrogens is 3. The number of aryl methyl sites for hydroxylation is 3. The molecule has 0 spiro atoms. The first-order valence-corrected chi connectivity index (χ1v) is 7.23. The van der Waals surface area contributed by atoms with Crippen molar-refractivity contribution in [1.82, 2.24) is 14.5 Å². The summed E-state index contributed by atoms with van der Waals surface area (Å²) in [5.74, 6) is 1.14. The van der Waals surface area contributed by atoms with E-state index in [4.69, 9.17) is 16.3 Å². The minimum Gasteiger partial charge on any atom is -0.466 e. The molecule has 2 rings (SSSR count). The molecule has 20 heavy (non-hydrogen) atoms. The second-order valence-corrected chi connectivity index (χ2v) is 4.85. The second kappa shape index (κ2) is 6.70. The van der Waals surface area contributed by atoms with E-state index in [-0.39, 0.29) is 5.97 Å². The average Bonchev–Trinajstić information content (AvgIpc) is 2.74. The Morgan fingerprint density at radius 2 is 2.20 bits per heavy atom. The Bertz CT molecular complexity index is 610. The molecule has 0 N–H and O–H groups in total. The molecule has 0 fully saturated rings. The van der Waals surface area contributed by atoms with Gasteiger partial charge in [0.05, 0.1) is 13.0 Å². The Morgan fingerprint density at radius 3 is 2.90 bits per heavy atom. The molecule has 0 aliphatic heterocycles. The number of rotatable bonds is 6. The third-order valence-electron chi connectivity index (χ3n) is 2.97. The number of hydrogen-bond acceptors (Lipinski definition) is 4. The van der Waals surface area contributed by atoms with Gasteiger partial charge in [0.25, 0.3) is 0 Å². The van der Waals surface area contributed by atoms with Gasteiger partial charge in [-0.25, -0.2) is 9.97 Å². The van der Waals surface area contributed by atoms with Gasteiger partial charge in [0.2, 0.25) is 0 Å². The number of ether oxygens (including phenoxy) is 1. The van der Waals surface area contributed by atoms with Crippen LogP contribution in [0.1, 0.15) is 24.9 Å². The highest BCUT2D eigenvalue weighted by Gasteiger charge is 2.13. The Hall–Kier alpha value is -1.62. The molecule has 2 aromatic heterocycles. The lowest BCUT2D eigenvalue weighted by Crippen LogP contribution is -2.12. The summed E-state index contributed by atoms with van der Waals surface area (Å²) in [5, 5.41) is 0. The lowest BCUT2D eigenvalue weighted by molar-refractivity contribution is -0.143. The fraction of sp³-hybridized carbons (Fsp3) is 0.500. The normalized spacial score (nSPS) is 10.9. The molecular weight excluding hydrogens is 278 g/mol. The number of alkyl halides is 1. The van der Waals surface area contributed by atoms with E-state index in [9.17, 15) is 4.79 Å². The van der Waals surface area contributed by atoms with Crippen LogP contribution in [0.2, 0.25) is 0 Å². The third-order valence-corrected chi connectivity index (χ3v) is 3.16. The minimum atomic E-state index is -0.209. The zero-order chi connectivity index (χ0) is 14.5. The first-order chi connectivity index (χ1) is 9.65. The van der Waals surface area contributed by atoms with Crippen LogP contribution in [0, 0.1) is 6.92 Å². The van der Waals surface area contributed by atoms with E-state index in [0.29, 0.717) is 31.9 Å². The molecule has 0 bridgehead atoms. The smallest absolute Gasteiger partial charge is 0.307 e. The lowest BCUT2D eigenvalue weighted by Gasteiger charge is -2.07. The SMILES string of the molecule is CCOC(=O)CCn1c(CCCl)nc2ccc(C)nc21. The number of halogens is 1. The number of carbonyl (C=O) groups excluding carboxylic acids is 1. The maximum atomic E-state index is 11.5. The molecule has 0 saturated carbocycles. The zero-order valence-electron chi connectivity index (χ0n) is 11.7. The molecule has 0 amide bonds. The monoisotopic (exact) mass is 295 g/mol. The van der Waals surface area contributed by atoms with E-state index in [2.05, 4.69) is 9.97 Å². The molecular formula is C14H18ClN3O2. The predicted octanol–water partition coefficient (Wildman–Crippen LogP) is 2.47. The van der Waals surface area contributed by atoms with Gasteiger partial charge in [-0.05, 0) is 26.0 Å². The van der Waals surface area contributed by atoms with Gasteiger partial charge in [-0.15, -0.1) is 11.6 Å². The van der Waals surface area contributed by atoms with Crippen molar-refractivity contribution in [2.75, 3.05) is 12.5 Å². The lowest BCUT2D eigenvalue weighted by atomic mass is 10.3. The van der Waals surface area contributed by atoms with Gasteiger partial charge in [0.1, 0.15) is 11.3 Å². The molecule has 0 aliphatic carbocycles. The van der Waals surface area contributed by atoms with E-state index in [1.807, 2.05) is 23.6 Å². The Morgan fingerprint density at radius 1 is 1.40 bits per heavy atom. The summed E-state index contributed by atoms with van der Waals surface area (Å²) in [6.45, 7) is 4.64. The third kappa shape index (κ3) is 3.28. The molecule has 2 aromatic rings. The van der Waals surface area contributed by atoms with Crippen molar-refractivity contribution in [3.8, 4) is 0 Å². The maximum Gasteiger partial charge on any atom is 0.307 e. The van der Waals surface area contributed by atoms with Crippen molar-refractivity contribution in [2.24, 2.45) is 0 Å². The van der Waals surface area contributed by atoms with Crippen molar-refractivity contribution < 1.29 is 9.53 Å². The minimum absolute atomic E-state index is 0.209. The molecule has 0 aromatic carbocycles. The predicted molar refractivity (Wildman–Crippen MR) is 77.9 cm³/mol. The summed E-state index contributed by atoms with van der Waals surface area (Å²) < 4.78 is 6.92. The Kier molecular flexibility index (Phi) is 4.95. The highest BCUT2D eigenvalue weighted by Crippen LogP contribution is 2.16. The van der Waals surface area contributed by atoms with Gasteiger partial charge in [0, 0.05) is 24.5 Å². The van der Waals surface area contributed by atoms with Crippen LogP contribution in [-0.2, 0) is 22.5 Å². The summed E-state index contributed by atoms with van der Waals surface area (Å²) in [7, 11) is 0. The number of nitrogens with zero attached hydrogens (tertiary/aromatic N) is 3. The van der Waals surface area contributed by atoms with Gasteiger partial charge in [-0.1, -0.05) is 0 Å². The number of pyridine rings is 1. The molecule has 0 aliphatic rings. The van der Waals surface area contributed by atoms with E-state index in [1.165, 1.54) is 0 Å². The average molecular weight is 296 g/mol. The number of fused-ring (bicyclic) bond motifs is 1. The van der Waals surface area contributed by atoms with Gasteiger partial charge in [0.15, 0.2) is 5.65 Å². The number of esters is 1. The molecule has 0 atom stereocenters. The van der Waals surface area contributed by atoms with Crippen LogP contribution < -0.4 is 0 Å². The second-order valence-electron chi connectivity index (χ2n) is 4.47. The van der Waals surface area contributed by atoms with E-state index in [1.54, 1.807) is 6.92 Å². The van der Waals surface area contributed by atoms with Crippen LogP contribution >= 0.6 is 11.6 Å². The largest absolute Gasteiger partial charge is 0.466 e. The van der Waals surface area contributed by atoms with Gasteiger partial charge in [-0.2, -0.15) is 0 Å². The van der Waals surface area contributed by atoms with Crippen LogP contribution in [0.4, 0.5) is 0 Å². The molecule has 0 unspecified atom stereocenters. The number of hydrogen-bond donors (Lipinski definition) is 0. The standard InChI is InChI=1S/C14H18ClN3O2/c1-3-20-13(19)7-9-18-12(6-8-15)17-11-5-4-10(2)16-14(11)18/h4-5H,3,6-9H2,1-2H3. The highest BCUT2D eigenvalue weighted by atomic mass is 35.5. The van der Waals surface area contributed by atoms with E-state index < -0.39 is 0 Å². The zero-order valence-corrected chi connectivity index (χ0v) is 12.5. The fourth-order valence-electron chi connectivity index (χ4n) is 2.09. The topological polar surface area (TPSA) is 57.0 Å². The van der Waals surface area contributed by atoms with Crippen molar-refractivity contribution in [2.45, 2.75) is 33.2 Å². The van der Waals surface area contributed by atoms with Crippen molar-refractivity contribution in [1.29, 1.82) is 0 Å². The van der Waals surface area contributed by atoms with E-state index >= 15 is 0 Å². The van der Waals surface area contributed by atoms with Crippen LogP contribution in [0.3, 0.4) is 0 Å². The molecule has 108 valence electrons. The van der Waals surface area contributed by atoms with Crippen LogP contribution in [-0.4, -0.2) is 33.0 Å². The van der Waals surface area contributed by atoms with Gasteiger partial charge in [-0.3, -0.25) is 4.79 Å². The summed E-state index contributed by atoms with van der Waals surface area (Å²) in [6.07, 6.45) is 0.962. The van der Waals surface area contributed by atoms with Gasteiger partial charge < -0.3 is 9.30 Å². The summed E-state index contributed by atoms with van der Waals surface area (Å²) in [5.41, 5.74) is 2.56. The first-order valence-electron chi connectivity index (χ1n) is 6.70. The van der Waals surface area contributed by atoms with Crippen LogP contribution in [0.5, 0.6) is 0 Å². The van der Waals surface area contributed by atoms with Crippen molar-refractivity contribution >= 4 is 28.7 Å². The van der Waals surface area contributed by atoms with Crippen LogP contribution in [0.15, 0.2) is 12.1 Å². The first kappa shape index (κ1) is 14.8.